The number of thiazole rings is 1. The number of aromatic nitrogens is 5. The highest BCUT2D eigenvalue weighted by atomic mass is 79.9. The molecule has 68 heavy (non-hydrogen) atoms. The molecule has 0 bridgehead atoms. The number of halogens is 1. The van der Waals surface area contributed by atoms with E-state index in [1.165, 1.54) is 45.6 Å². The first-order valence-electron chi connectivity index (χ1n) is 21.3. The highest BCUT2D eigenvalue weighted by Gasteiger charge is 2.40. The lowest BCUT2D eigenvalue weighted by molar-refractivity contribution is 0.0292. The normalized spacial score (nSPS) is 14.4. The average Bonchev–Trinajstić information content (AvgIpc) is 4.08. The molecule has 17 nitrogen and oxygen atoms in total. The lowest BCUT2D eigenvalue weighted by Crippen LogP contribution is -2.41. The Labute approximate surface area is 407 Å². The Kier molecular flexibility index (Phi) is 14.2. The molecule has 5 aromatic carbocycles. The van der Waals surface area contributed by atoms with Crippen molar-refractivity contribution < 1.29 is 40.6 Å². The molecule has 0 saturated carbocycles. The molecule has 8 rings (SSSR count). The van der Waals surface area contributed by atoms with Gasteiger partial charge in [-0.1, -0.05) is 48.5 Å². The number of ether oxygens (including phenoxy) is 4. The number of sulfonamides is 2. The summed E-state index contributed by atoms with van der Waals surface area (Å²) < 4.78 is 89.6. The standard InChI is InChI=1S/C47H49BrN8O9S3/c1-47(2,3)65-46(57)54-24-23-34(29-54)52-67(58,59)41-22-20-38(33-13-21-40-39(25-33)49-45(48)66-40)42(44-50-53-56(51-44)28-32-11-18-37(64-6)19-12-32)43(41)68(60,61)55(26-30-7-14-35(62-4)15-8-30)27-31-9-16-36(63-5)17-10-31/h7-22,25,34,52H,23-24,26-29H2,1-6H3/t34-/m1/s1. The molecule has 1 fully saturated rings. The summed E-state index contributed by atoms with van der Waals surface area (Å²) in [6.45, 7) is 5.23. The molecule has 1 saturated heterocycles. The summed E-state index contributed by atoms with van der Waals surface area (Å²) >= 11 is 4.91. The summed E-state index contributed by atoms with van der Waals surface area (Å²) in [7, 11) is -5.00. The van der Waals surface area contributed by atoms with E-state index in [9.17, 15) is 4.79 Å². The number of carbonyl (C=O) groups excluding carboxylic acids is 1. The Bertz CT molecular complexity index is 3110. The fourth-order valence-electron chi connectivity index (χ4n) is 7.72. The van der Waals surface area contributed by atoms with Crippen molar-refractivity contribution in [2.24, 2.45) is 0 Å². The molecule has 2 aromatic heterocycles. The number of rotatable bonds is 16. The maximum absolute atomic E-state index is 16.1. The zero-order valence-electron chi connectivity index (χ0n) is 38.0. The highest BCUT2D eigenvalue weighted by molar-refractivity contribution is 9.11. The van der Waals surface area contributed by atoms with Gasteiger partial charge in [0, 0.05) is 32.2 Å². The zero-order valence-corrected chi connectivity index (χ0v) is 42.1. The van der Waals surface area contributed by atoms with Crippen molar-refractivity contribution in [3.63, 3.8) is 0 Å². The number of likely N-dealkylation sites (tertiary alicyclic amines) is 1. The van der Waals surface area contributed by atoms with Gasteiger partial charge in [0.1, 0.15) is 32.6 Å². The van der Waals surface area contributed by atoms with Gasteiger partial charge in [0.05, 0.1) is 43.7 Å². The van der Waals surface area contributed by atoms with Crippen molar-refractivity contribution in [3.05, 3.63) is 124 Å². The lowest BCUT2D eigenvalue weighted by Gasteiger charge is -2.27. The minimum Gasteiger partial charge on any atom is -0.497 e. The second-order valence-electron chi connectivity index (χ2n) is 17.0. The number of nitrogens with one attached hydrogen (secondary N) is 1. The molecule has 0 unspecified atom stereocenters. The van der Waals surface area contributed by atoms with E-state index in [2.05, 4.69) is 35.9 Å². The molecule has 0 spiro atoms. The summed E-state index contributed by atoms with van der Waals surface area (Å²) in [5.41, 5.74) is 2.57. The quantitative estimate of drug-likeness (QED) is 0.0975. The molecular formula is C47H49BrN8O9S3. The van der Waals surface area contributed by atoms with Crippen LogP contribution in [0.5, 0.6) is 17.2 Å². The van der Waals surface area contributed by atoms with Crippen LogP contribution in [0.4, 0.5) is 4.79 Å². The SMILES string of the molecule is COc1ccc(CN(Cc2ccc(OC)cc2)S(=O)(=O)c2c(S(=O)(=O)N[C@@H]3CCN(C(=O)OC(C)(C)C)C3)ccc(-c3ccc4sc(Br)nc4c3)c2-c2nnn(Cc3ccc(OC)cc3)n2)cc1. The topological polar surface area (TPSA) is 197 Å². The number of fused-ring (bicyclic) bond motifs is 1. The van der Waals surface area contributed by atoms with Crippen LogP contribution in [0.2, 0.25) is 0 Å². The Morgan fingerprint density at radius 1 is 0.824 bits per heavy atom. The van der Waals surface area contributed by atoms with Gasteiger partial charge in [0.25, 0.3) is 0 Å². The number of amides is 1. The predicted octanol–water partition coefficient (Wildman–Crippen LogP) is 8.13. The van der Waals surface area contributed by atoms with E-state index in [4.69, 9.17) is 24.0 Å². The van der Waals surface area contributed by atoms with E-state index < -0.39 is 47.6 Å². The van der Waals surface area contributed by atoms with Crippen molar-refractivity contribution in [1.29, 1.82) is 0 Å². The highest BCUT2D eigenvalue weighted by Crippen LogP contribution is 2.43. The van der Waals surface area contributed by atoms with E-state index in [1.807, 2.05) is 24.3 Å². The van der Waals surface area contributed by atoms with Crippen LogP contribution >= 0.6 is 27.3 Å². The predicted molar refractivity (Wildman–Crippen MR) is 261 cm³/mol. The van der Waals surface area contributed by atoms with Crippen LogP contribution in [0, 0.1) is 0 Å². The Morgan fingerprint density at radius 3 is 1.99 bits per heavy atom. The summed E-state index contributed by atoms with van der Waals surface area (Å²) in [5, 5.41) is 13.6. The number of methoxy groups -OCH3 is 3. The van der Waals surface area contributed by atoms with E-state index in [-0.39, 0.29) is 50.5 Å². The Hall–Kier alpha value is -5.97. The third-order valence-electron chi connectivity index (χ3n) is 11.0. The third-order valence-corrected chi connectivity index (χ3v) is 16.1. The van der Waals surface area contributed by atoms with Gasteiger partial charge in [-0.25, -0.2) is 31.3 Å². The van der Waals surface area contributed by atoms with E-state index in [0.29, 0.717) is 48.9 Å². The van der Waals surface area contributed by atoms with Crippen molar-refractivity contribution >= 4 is 63.6 Å². The van der Waals surface area contributed by atoms with Gasteiger partial charge in [-0.15, -0.1) is 21.5 Å². The van der Waals surface area contributed by atoms with Gasteiger partial charge >= 0.3 is 6.09 Å². The molecule has 1 N–H and O–H groups in total. The average molecular weight is 1050 g/mol. The zero-order chi connectivity index (χ0) is 48.4. The number of tetrazole rings is 1. The smallest absolute Gasteiger partial charge is 0.410 e. The van der Waals surface area contributed by atoms with E-state index in [1.54, 1.807) is 101 Å². The van der Waals surface area contributed by atoms with Crippen LogP contribution in [0.3, 0.4) is 0 Å². The van der Waals surface area contributed by atoms with Crippen LogP contribution in [0.25, 0.3) is 32.7 Å². The van der Waals surface area contributed by atoms with Crippen molar-refractivity contribution in [3.8, 4) is 39.8 Å². The molecule has 1 amide bonds. The van der Waals surface area contributed by atoms with Crippen LogP contribution in [0.15, 0.2) is 117 Å². The molecule has 1 aliphatic heterocycles. The van der Waals surface area contributed by atoms with Gasteiger partial charge in [-0.2, -0.15) is 9.10 Å². The van der Waals surface area contributed by atoms with Gasteiger partial charge < -0.3 is 23.8 Å². The number of nitrogens with zero attached hydrogens (tertiary/aromatic N) is 7. The first kappa shape index (κ1) is 48.5. The van der Waals surface area contributed by atoms with Gasteiger partial charge in [0.15, 0.2) is 3.92 Å². The second-order valence-corrected chi connectivity index (χ2v) is 22.8. The van der Waals surface area contributed by atoms with Crippen LogP contribution < -0.4 is 18.9 Å². The molecule has 7 aromatic rings. The summed E-state index contributed by atoms with van der Waals surface area (Å²) in [4.78, 5) is 19.3. The van der Waals surface area contributed by atoms with Gasteiger partial charge in [0.2, 0.25) is 25.9 Å². The van der Waals surface area contributed by atoms with Crippen LogP contribution in [-0.4, -0.2) is 103 Å². The van der Waals surface area contributed by atoms with Crippen LogP contribution in [-0.2, 0) is 44.4 Å². The lowest BCUT2D eigenvalue weighted by atomic mass is 9.99. The molecule has 356 valence electrons. The first-order valence-corrected chi connectivity index (χ1v) is 25.9. The molecule has 0 aliphatic carbocycles. The molecule has 1 atom stereocenters. The fourth-order valence-corrected chi connectivity index (χ4v) is 12.8. The fraction of sp³-hybridized carbons (Fsp3) is 0.298. The summed E-state index contributed by atoms with van der Waals surface area (Å²) in [6.07, 6.45) is -0.341. The maximum Gasteiger partial charge on any atom is 0.410 e. The number of benzene rings is 5. The van der Waals surface area contributed by atoms with Crippen molar-refractivity contribution in [2.45, 2.75) is 68.3 Å². The summed E-state index contributed by atoms with van der Waals surface area (Å²) in [6, 6.07) is 28.7. The van der Waals surface area contributed by atoms with E-state index in [0.717, 1.165) is 10.3 Å². The molecule has 1 aliphatic rings. The maximum atomic E-state index is 16.1. The molecular weight excluding hydrogens is 997 g/mol. The number of hydrogen-bond acceptors (Lipinski definition) is 14. The summed E-state index contributed by atoms with van der Waals surface area (Å²) in [5.74, 6) is 1.64. The van der Waals surface area contributed by atoms with Gasteiger partial charge in [-0.3, -0.25) is 0 Å². The van der Waals surface area contributed by atoms with Gasteiger partial charge in [-0.05, 0) is 131 Å². The number of carbonyl (C=O) groups is 1. The number of hydrogen-bond donors (Lipinski definition) is 1. The monoisotopic (exact) mass is 1040 g/mol. The van der Waals surface area contributed by atoms with Crippen molar-refractivity contribution in [2.75, 3.05) is 34.4 Å². The molecule has 3 heterocycles. The second kappa shape index (κ2) is 19.9. The molecule has 0 radical (unpaired) electrons. The largest absolute Gasteiger partial charge is 0.497 e. The minimum absolute atomic E-state index is 0.00725. The Morgan fingerprint density at radius 2 is 1.41 bits per heavy atom. The van der Waals surface area contributed by atoms with Crippen LogP contribution in [0.1, 0.15) is 43.9 Å². The first-order chi connectivity index (χ1) is 32.4. The Balaban J connectivity index is 1.33. The van der Waals surface area contributed by atoms with E-state index >= 15 is 16.8 Å². The van der Waals surface area contributed by atoms with Crippen molar-refractivity contribution in [1.82, 2.24) is 39.1 Å². The molecule has 21 heteroatoms. The minimum atomic E-state index is -4.91. The third kappa shape index (κ3) is 11.0.